The number of ether oxygens (including phenoxy) is 1. The van der Waals surface area contributed by atoms with Gasteiger partial charge in [0.05, 0.1) is 12.0 Å². The van der Waals surface area contributed by atoms with Gasteiger partial charge in [0.15, 0.2) is 0 Å². The smallest absolute Gasteiger partial charge is 0.311 e. The van der Waals surface area contributed by atoms with E-state index < -0.39 is 0 Å². The van der Waals surface area contributed by atoms with Gasteiger partial charge in [-0.05, 0) is 26.2 Å². The summed E-state index contributed by atoms with van der Waals surface area (Å²) in [6.07, 6.45) is 17.2. The van der Waals surface area contributed by atoms with Crippen molar-refractivity contribution in [1.82, 2.24) is 0 Å². The standard InChI is InChI=1S/C22H44O2/c1-6-7-8-9-10-11-12-13-14-15-16-17-18-22(4,5)21(23)24-19-20(2)3/h20H,6-19H2,1-5H3. The summed E-state index contributed by atoms with van der Waals surface area (Å²) in [5.74, 6) is 0.385. The van der Waals surface area contributed by atoms with Crippen LogP contribution in [0.5, 0.6) is 0 Å². The number of rotatable bonds is 16. The third kappa shape index (κ3) is 13.9. The Labute approximate surface area is 152 Å². The van der Waals surface area contributed by atoms with Crippen LogP contribution >= 0.6 is 0 Å². The number of carbonyl (C=O) groups excluding carboxylic acids is 1. The second-order valence-corrected chi connectivity index (χ2v) is 8.52. The van der Waals surface area contributed by atoms with E-state index in [1.54, 1.807) is 0 Å². The van der Waals surface area contributed by atoms with E-state index in [1.807, 2.05) is 13.8 Å². The molecule has 24 heavy (non-hydrogen) atoms. The third-order valence-electron chi connectivity index (χ3n) is 4.76. The molecule has 0 spiro atoms. The molecule has 0 saturated carbocycles. The van der Waals surface area contributed by atoms with Gasteiger partial charge in [-0.1, -0.05) is 97.8 Å². The Bertz CT molecular complexity index is 294. The van der Waals surface area contributed by atoms with Gasteiger partial charge in [-0.3, -0.25) is 4.79 Å². The molecular formula is C22H44O2. The van der Waals surface area contributed by atoms with E-state index in [1.165, 1.54) is 70.6 Å². The van der Waals surface area contributed by atoms with Crippen LogP contribution in [0.4, 0.5) is 0 Å². The molecule has 0 aliphatic heterocycles. The monoisotopic (exact) mass is 340 g/mol. The lowest BCUT2D eigenvalue weighted by Crippen LogP contribution is -2.27. The Morgan fingerprint density at radius 3 is 1.62 bits per heavy atom. The molecule has 0 aliphatic rings. The van der Waals surface area contributed by atoms with Gasteiger partial charge in [0, 0.05) is 0 Å². The summed E-state index contributed by atoms with van der Waals surface area (Å²) < 4.78 is 5.39. The molecule has 0 aliphatic carbocycles. The minimum atomic E-state index is -0.326. The minimum absolute atomic E-state index is 0.0285. The molecule has 0 saturated heterocycles. The van der Waals surface area contributed by atoms with E-state index in [4.69, 9.17) is 4.74 Å². The highest BCUT2D eigenvalue weighted by Crippen LogP contribution is 2.26. The van der Waals surface area contributed by atoms with E-state index >= 15 is 0 Å². The summed E-state index contributed by atoms with van der Waals surface area (Å²) in [6.45, 7) is 11.0. The van der Waals surface area contributed by atoms with Gasteiger partial charge in [0.1, 0.15) is 0 Å². The SMILES string of the molecule is CCCCCCCCCCCCCCC(C)(C)C(=O)OCC(C)C. The molecule has 0 aromatic heterocycles. The van der Waals surface area contributed by atoms with Gasteiger partial charge >= 0.3 is 5.97 Å². The zero-order valence-corrected chi connectivity index (χ0v) is 17.3. The fraction of sp³-hybridized carbons (Fsp3) is 0.955. The molecule has 144 valence electrons. The molecule has 0 N–H and O–H groups in total. The van der Waals surface area contributed by atoms with Crippen molar-refractivity contribution in [3.05, 3.63) is 0 Å². The molecule has 0 rings (SSSR count). The zero-order valence-electron chi connectivity index (χ0n) is 17.3. The van der Waals surface area contributed by atoms with Crippen molar-refractivity contribution >= 4 is 5.97 Å². The maximum atomic E-state index is 12.1. The summed E-state index contributed by atoms with van der Waals surface area (Å²) in [6, 6.07) is 0. The van der Waals surface area contributed by atoms with Crippen molar-refractivity contribution in [2.75, 3.05) is 6.61 Å². The maximum absolute atomic E-state index is 12.1. The highest BCUT2D eigenvalue weighted by atomic mass is 16.5. The molecular weight excluding hydrogens is 296 g/mol. The average molecular weight is 341 g/mol. The Kier molecular flexibility index (Phi) is 14.5. The van der Waals surface area contributed by atoms with Crippen LogP contribution in [0.15, 0.2) is 0 Å². The number of carbonyl (C=O) groups is 1. The molecule has 0 bridgehead atoms. The van der Waals surface area contributed by atoms with Crippen LogP contribution in [0.3, 0.4) is 0 Å². The van der Waals surface area contributed by atoms with Crippen molar-refractivity contribution in [1.29, 1.82) is 0 Å². The van der Waals surface area contributed by atoms with Crippen LogP contribution in [0.2, 0.25) is 0 Å². The minimum Gasteiger partial charge on any atom is -0.465 e. The van der Waals surface area contributed by atoms with Crippen LogP contribution < -0.4 is 0 Å². The normalized spacial score (nSPS) is 11.9. The number of hydrogen-bond acceptors (Lipinski definition) is 2. The maximum Gasteiger partial charge on any atom is 0.311 e. The van der Waals surface area contributed by atoms with E-state index in [9.17, 15) is 4.79 Å². The van der Waals surface area contributed by atoms with Gasteiger partial charge < -0.3 is 4.74 Å². The van der Waals surface area contributed by atoms with Crippen molar-refractivity contribution in [3.63, 3.8) is 0 Å². The number of esters is 1. The van der Waals surface area contributed by atoms with Crippen LogP contribution in [0, 0.1) is 11.3 Å². The molecule has 0 aromatic rings. The summed E-state index contributed by atoms with van der Waals surface area (Å²) in [4.78, 5) is 12.1. The second kappa shape index (κ2) is 14.8. The van der Waals surface area contributed by atoms with Crippen LogP contribution in [0.25, 0.3) is 0 Å². The van der Waals surface area contributed by atoms with Crippen LogP contribution in [-0.2, 0) is 9.53 Å². The number of hydrogen-bond donors (Lipinski definition) is 0. The lowest BCUT2D eigenvalue weighted by molar-refractivity contribution is -0.155. The van der Waals surface area contributed by atoms with Crippen LogP contribution in [-0.4, -0.2) is 12.6 Å². The zero-order chi connectivity index (χ0) is 18.3. The van der Waals surface area contributed by atoms with E-state index in [2.05, 4.69) is 20.8 Å². The Balaban J connectivity index is 3.46. The first-order valence-corrected chi connectivity index (χ1v) is 10.6. The predicted octanol–water partition coefficient (Wildman–Crippen LogP) is 7.30. The molecule has 0 radical (unpaired) electrons. The van der Waals surface area contributed by atoms with E-state index in [-0.39, 0.29) is 11.4 Å². The molecule has 2 heteroatoms. The van der Waals surface area contributed by atoms with Gasteiger partial charge in [0.2, 0.25) is 0 Å². The summed E-state index contributed by atoms with van der Waals surface area (Å²) >= 11 is 0. The fourth-order valence-corrected chi connectivity index (χ4v) is 2.95. The second-order valence-electron chi connectivity index (χ2n) is 8.52. The molecule has 0 heterocycles. The molecule has 0 atom stereocenters. The first kappa shape index (κ1) is 23.5. The Morgan fingerprint density at radius 1 is 0.792 bits per heavy atom. The lowest BCUT2D eigenvalue weighted by Gasteiger charge is -2.23. The fourth-order valence-electron chi connectivity index (χ4n) is 2.95. The largest absolute Gasteiger partial charge is 0.465 e. The van der Waals surface area contributed by atoms with Crippen molar-refractivity contribution in [3.8, 4) is 0 Å². The first-order valence-electron chi connectivity index (χ1n) is 10.6. The first-order chi connectivity index (χ1) is 11.4. The van der Waals surface area contributed by atoms with Gasteiger partial charge in [-0.2, -0.15) is 0 Å². The highest BCUT2D eigenvalue weighted by Gasteiger charge is 2.28. The molecule has 2 nitrogen and oxygen atoms in total. The number of unbranched alkanes of at least 4 members (excludes halogenated alkanes) is 11. The molecule has 0 amide bonds. The average Bonchev–Trinajstić information content (AvgIpc) is 2.53. The topological polar surface area (TPSA) is 26.3 Å². The summed E-state index contributed by atoms with van der Waals surface area (Å²) in [5, 5.41) is 0. The van der Waals surface area contributed by atoms with Crippen molar-refractivity contribution < 1.29 is 9.53 Å². The molecule has 0 unspecified atom stereocenters. The van der Waals surface area contributed by atoms with Crippen LogP contribution in [0.1, 0.15) is 118 Å². The Hall–Kier alpha value is -0.530. The van der Waals surface area contributed by atoms with Crippen molar-refractivity contribution in [2.45, 2.75) is 118 Å². The van der Waals surface area contributed by atoms with E-state index in [0.29, 0.717) is 12.5 Å². The van der Waals surface area contributed by atoms with Gasteiger partial charge in [-0.25, -0.2) is 0 Å². The highest BCUT2D eigenvalue weighted by molar-refractivity contribution is 5.75. The lowest BCUT2D eigenvalue weighted by atomic mass is 9.87. The van der Waals surface area contributed by atoms with E-state index in [0.717, 1.165) is 12.8 Å². The predicted molar refractivity (Wildman–Crippen MR) is 105 cm³/mol. The summed E-state index contributed by atoms with van der Waals surface area (Å²) in [7, 11) is 0. The Morgan fingerprint density at radius 2 is 1.21 bits per heavy atom. The summed E-state index contributed by atoms with van der Waals surface area (Å²) in [5.41, 5.74) is -0.326. The van der Waals surface area contributed by atoms with Gasteiger partial charge in [0.25, 0.3) is 0 Å². The van der Waals surface area contributed by atoms with Crippen molar-refractivity contribution in [2.24, 2.45) is 11.3 Å². The third-order valence-corrected chi connectivity index (χ3v) is 4.76. The molecule has 0 fully saturated rings. The molecule has 0 aromatic carbocycles. The quantitative estimate of drug-likeness (QED) is 0.217. The van der Waals surface area contributed by atoms with Gasteiger partial charge in [-0.15, -0.1) is 0 Å².